The van der Waals surface area contributed by atoms with Crippen molar-refractivity contribution in [1.82, 2.24) is 19.9 Å². The van der Waals surface area contributed by atoms with Crippen molar-refractivity contribution in [2.45, 2.75) is 6.54 Å². The molecule has 0 aliphatic carbocycles. The molecule has 3 rings (SSSR count). The number of hydrogen-bond donors (Lipinski definition) is 2. The lowest BCUT2D eigenvalue weighted by Crippen LogP contribution is -2.28. The maximum atomic E-state index is 5.28. The van der Waals surface area contributed by atoms with Crippen molar-refractivity contribution in [2.75, 3.05) is 5.32 Å². The van der Waals surface area contributed by atoms with Gasteiger partial charge >= 0.3 is 0 Å². The molecule has 21 heavy (non-hydrogen) atoms. The molecule has 3 aromatic rings. The summed E-state index contributed by atoms with van der Waals surface area (Å²) in [6.07, 6.45) is 1.93. The SMILES string of the molecule is S=C(NCc1nnc2ccccn12)Nc1cccc(Br)c1. The van der Waals surface area contributed by atoms with Gasteiger partial charge in [0.1, 0.15) is 0 Å². The normalized spacial score (nSPS) is 10.5. The Labute approximate surface area is 135 Å². The predicted octanol–water partition coefficient (Wildman–Crippen LogP) is 2.98. The summed E-state index contributed by atoms with van der Waals surface area (Å²) in [6, 6.07) is 13.6. The number of benzene rings is 1. The Balaban J connectivity index is 1.63. The highest BCUT2D eigenvalue weighted by Gasteiger charge is 2.05. The molecule has 0 aliphatic rings. The third-order valence-corrected chi connectivity index (χ3v) is 3.61. The maximum absolute atomic E-state index is 5.28. The number of hydrogen-bond acceptors (Lipinski definition) is 3. The first-order chi connectivity index (χ1) is 10.2. The van der Waals surface area contributed by atoms with Crippen molar-refractivity contribution in [1.29, 1.82) is 0 Å². The van der Waals surface area contributed by atoms with Gasteiger partial charge in [0.25, 0.3) is 0 Å². The molecule has 106 valence electrons. The van der Waals surface area contributed by atoms with Gasteiger partial charge in [-0.15, -0.1) is 10.2 Å². The van der Waals surface area contributed by atoms with E-state index in [0.717, 1.165) is 21.6 Å². The van der Waals surface area contributed by atoms with E-state index < -0.39 is 0 Å². The van der Waals surface area contributed by atoms with Crippen LogP contribution in [-0.4, -0.2) is 19.7 Å². The molecular formula is C14H12BrN5S. The minimum Gasteiger partial charge on any atom is -0.355 e. The number of nitrogens with one attached hydrogen (secondary N) is 2. The molecule has 5 nitrogen and oxygen atoms in total. The zero-order valence-corrected chi connectivity index (χ0v) is 13.4. The molecule has 0 saturated carbocycles. The zero-order valence-electron chi connectivity index (χ0n) is 11.0. The summed E-state index contributed by atoms with van der Waals surface area (Å²) in [5.41, 5.74) is 1.74. The number of fused-ring (bicyclic) bond motifs is 1. The Bertz CT molecular complexity index is 786. The van der Waals surface area contributed by atoms with Gasteiger partial charge in [0.2, 0.25) is 0 Å². The van der Waals surface area contributed by atoms with Crippen molar-refractivity contribution in [3.8, 4) is 0 Å². The van der Waals surface area contributed by atoms with Crippen LogP contribution in [0.5, 0.6) is 0 Å². The van der Waals surface area contributed by atoms with Crippen LogP contribution in [0.3, 0.4) is 0 Å². The van der Waals surface area contributed by atoms with Gasteiger partial charge in [-0.3, -0.25) is 4.40 Å². The number of thiocarbonyl (C=S) groups is 1. The topological polar surface area (TPSA) is 54.2 Å². The lowest BCUT2D eigenvalue weighted by atomic mass is 10.3. The molecule has 2 heterocycles. The maximum Gasteiger partial charge on any atom is 0.171 e. The molecule has 7 heteroatoms. The van der Waals surface area contributed by atoms with Crippen LogP contribution in [0, 0.1) is 0 Å². The van der Waals surface area contributed by atoms with Gasteiger partial charge < -0.3 is 10.6 Å². The fourth-order valence-corrected chi connectivity index (χ4v) is 2.50. The van der Waals surface area contributed by atoms with Crippen molar-refractivity contribution < 1.29 is 0 Å². The first kappa shape index (κ1) is 14.0. The van der Waals surface area contributed by atoms with Crippen LogP contribution < -0.4 is 10.6 Å². The highest BCUT2D eigenvalue weighted by molar-refractivity contribution is 9.10. The van der Waals surface area contributed by atoms with E-state index in [-0.39, 0.29) is 0 Å². The quantitative estimate of drug-likeness (QED) is 0.702. The van der Waals surface area contributed by atoms with Crippen LogP contribution in [0.25, 0.3) is 5.65 Å². The van der Waals surface area contributed by atoms with Crippen LogP contribution in [0.15, 0.2) is 53.1 Å². The third kappa shape index (κ3) is 3.37. The van der Waals surface area contributed by atoms with E-state index in [1.54, 1.807) is 0 Å². The summed E-state index contributed by atoms with van der Waals surface area (Å²) in [5, 5.41) is 15.0. The Morgan fingerprint density at radius 2 is 2.10 bits per heavy atom. The van der Waals surface area contributed by atoms with Gasteiger partial charge in [0.05, 0.1) is 6.54 Å². The summed E-state index contributed by atoms with van der Waals surface area (Å²) < 4.78 is 2.92. The third-order valence-electron chi connectivity index (χ3n) is 2.87. The number of rotatable bonds is 3. The van der Waals surface area contributed by atoms with Gasteiger partial charge in [-0.25, -0.2) is 0 Å². The van der Waals surface area contributed by atoms with Crippen molar-refractivity contribution >= 4 is 44.6 Å². The summed E-state index contributed by atoms with van der Waals surface area (Å²) in [5.74, 6) is 0.809. The van der Waals surface area contributed by atoms with E-state index in [1.165, 1.54) is 0 Å². The summed E-state index contributed by atoms with van der Waals surface area (Å²) in [6.45, 7) is 0.505. The summed E-state index contributed by atoms with van der Waals surface area (Å²) in [7, 11) is 0. The molecule has 0 fully saturated rings. The fourth-order valence-electron chi connectivity index (χ4n) is 1.91. The second kappa shape index (κ2) is 6.19. The van der Waals surface area contributed by atoms with Crippen molar-refractivity contribution in [2.24, 2.45) is 0 Å². The number of halogens is 1. The molecule has 0 spiro atoms. The molecule has 0 saturated heterocycles. The van der Waals surface area contributed by atoms with Crippen LogP contribution >= 0.6 is 28.1 Å². The van der Waals surface area contributed by atoms with Gasteiger partial charge in [-0.2, -0.15) is 0 Å². The molecule has 0 unspecified atom stereocenters. The van der Waals surface area contributed by atoms with Crippen LogP contribution in [0.2, 0.25) is 0 Å². The predicted molar refractivity (Wildman–Crippen MR) is 90.2 cm³/mol. The van der Waals surface area contributed by atoms with E-state index in [2.05, 4.69) is 36.8 Å². The monoisotopic (exact) mass is 361 g/mol. The first-order valence-electron chi connectivity index (χ1n) is 6.31. The molecular weight excluding hydrogens is 350 g/mol. The highest BCUT2D eigenvalue weighted by Crippen LogP contribution is 2.15. The molecule has 2 N–H and O–H groups in total. The minimum absolute atomic E-state index is 0.505. The Morgan fingerprint density at radius 1 is 1.19 bits per heavy atom. The summed E-state index contributed by atoms with van der Waals surface area (Å²) >= 11 is 8.70. The molecule has 0 atom stereocenters. The number of aromatic nitrogens is 3. The van der Waals surface area contributed by atoms with Crippen LogP contribution in [0.4, 0.5) is 5.69 Å². The Morgan fingerprint density at radius 3 is 2.95 bits per heavy atom. The van der Waals surface area contributed by atoms with Gasteiger partial charge in [-0.1, -0.05) is 28.1 Å². The van der Waals surface area contributed by atoms with E-state index in [9.17, 15) is 0 Å². The number of anilines is 1. The second-order valence-corrected chi connectivity index (χ2v) is 5.69. The van der Waals surface area contributed by atoms with E-state index in [0.29, 0.717) is 11.7 Å². The number of pyridine rings is 1. The van der Waals surface area contributed by atoms with Gasteiger partial charge in [0.15, 0.2) is 16.6 Å². The molecule has 1 aromatic carbocycles. The Kier molecular flexibility index (Phi) is 4.12. The molecule has 0 bridgehead atoms. The van der Waals surface area contributed by atoms with Crippen LogP contribution in [-0.2, 0) is 6.54 Å². The zero-order chi connectivity index (χ0) is 14.7. The van der Waals surface area contributed by atoms with Crippen molar-refractivity contribution in [3.63, 3.8) is 0 Å². The molecule has 0 radical (unpaired) electrons. The lowest BCUT2D eigenvalue weighted by molar-refractivity contribution is 0.813. The van der Waals surface area contributed by atoms with Crippen LogP contribution in [0.1, 0.15) is 5.82 Å². The average molecular weight is 362 g/mol. The average Bonchev–Trinajstić information content (AvgIpc) is 2.88. The van der Waals surface area contributed by atoms with E-state index >= 15 is 0 Å². The minimum atomic E-state index is 0.505. The van der Waals surface area contributed by atoms with E-state index in [4.69, 9.17) is 12.2 Å². The fraction of sp³-hybridized carbons (Fsp3) is 0.0714. The lowest BCUT2D eigenvalue weighted by Gasteiger charge is -2.10. The van der Waals surface area contributed by atoms with E-state index in [1.807, 2.05) is 53.1 Å². The summed E-state index contributed by atoms with van der Waals surface area (Å²) in [4.78, 5) is 0. The molecule has 0 amide bonds. The Hall–Kier alpha value is -1.99. The smallest absolute Gasteiger partial charge is 0.171 e. The molecule has 2 aromatic heterocycles. The highest BCUT2D eigenvalue weighted by atomic mass is 79.9. The first-order valence-corrected chi connectivity index (χ1v) is 7.51. The van der Waals surface area contributed by atoms with Gasteiger partial charge in [-0.05, 0) is 42.5 Å². The van der Waals surface area contributed by atoms with Gasteiger partial charge in [0, 0.05) is 16.4 Å². The van der Waals surface area contributed by atoms with Crippen molar-refractivity contribution in [3.05, 3.63) is 59.0 Å². The molecule has 0 aliphatic heterocycles. The second-order valence-electron chi connectivity index (χ2n) is 4.36. The standard InChI is InChI=1S/C14H12BrN5S/c15-10-4-3-5-11(8-10)17-14(21)16-9-13-19-18-12-6-1-2-7-20(12)13/h1-8H,9H2,(H2,16,17,21). The largest absolute Gasteiger partial charge is 0.355 e. The number of nitrogens with zero attached hydrogens (tertiary/aromatic N) is 3.